The van der Waals surface area contributed by atoms with Gasteiger partial charge in [-0.2, -0.15) is 0 Å². The molecule has 2 aromatic carbocycles. The summed E-state index contributed by atoms with van der Waals surface area (Å²) in [4.78, 5) is 61.7. The molecule has 4 unspecified atom stereocenters. The lowest BCUT2D eigenvalue weighted by atomic mass is 9.43. The number of aliphatic hydroxyl groups excluding tert-OH is 1. The number of carbonyl (C=O) groups is 4. The highest BCUT2D eigenvalue weighted by atomic mass is 35.5. The van der Waals surface area contributed by atoms with Crippen LogP contribution in [0, 0.1) is 22.7 Å². The molecule has 4 amide bonds. The zero-order valence-electron chi connectivity index (χ0n) is 26.6. The highest BCUT2D eigenvalue weighted by Crippen LogP contribution is 2.65. The third kappa shape index (κ3) is 5.69. The molecular weight excluding hydrogens is 618 g/mol. The minimum Gasteiger partial charge on any atom is -0.391 e. The van der Waals surface area contributed by atoms with Gasteiger partial charge < -0.3 is 30.9 Å². The van der Waals surface area contributed by atoms with Crippen molar-refractivity contribution in [1.29, 1.82) is 0 Å². The maximum absolute atomic E-state index is 14.5. The second kappa shape index (κ2) is 12.0. The fraction of sp³-hybridized carbons (Fsp3) is 0.500. The summed E-state index contributed by atoms with van der Waals surface area (Å²) < 4.78 is 0. The van der Waals surface area contributed by atoms with Crippen LogP contribution in [0.4, 0.5) is 0 Å². The van der Waals surface area contributed by atoms with Gasteiger partial charge in [0.1, 0.15) is 12.1 Å². The lowest BCUT2D eigenvalue weighted by Gasteiger charge is -2.60. The molecule has 47 heavy (non-hydrogen) atoms. The van der Waals surface area contributed by atoms with E-state index in [2.05, 4.69) is 10.3 Å². The highest BCUT2D eigenvalue weighted by Gasteiger charge is 2.64. The number of aromatic amines is 1. The first-order chi connectivity index (χ1) is 22.5. The zero-order chi connectivity index (χ0) is 33.1. The van der Waals surface area contributed by atoms with Gasteiger partial charge in [-0.3, -0.25) is 19.2 Å². The van der Waals surface area contributed by atoms with Crippen molar-refractivity contribution < 1.29 is 24.3 Å². The van der Waals surface area contributed by atoms with E-state index in [0.29, 0.717) is 24.3 Å². The molecule has 1 aromatic heterocycles. The molecule has 5 fully saturated rings. The Hall–Kier alpha value is -3.89. The number of hydrogen-bond acceptors (Lipinski definition) is 5. The number of aromatic nitrogens is 1. The van der Waals surface area contributed by atoms with Gasteiger partial charge in [-0.05, 0) is 73.6 Å². The Morgan fingerprint density at radius 3 is 2.43 bits per heavy atom. The van der Waals surface area contributed by atoms with Crippen molar-refractivity contribution in [2.45, 2.75) is 76.1 Å². The van der Waals surface area contributed by atoms with Crippen LogP contribution in [0.1, 0.15) is 56.1 Å². The van der Waals surface area contributed by atoms with Crippen molar-refractivity contribution in [2.75, 3.05) is 13.6 Å². The van der Waals surface area contributed by atoms with Gasteiger partial charge in [0.15, 0.2) is 0 Å². The summed E-state index contributed by atoms with van der Waals surface area (Å²) in [6.45, 7) is 0.281. The van der Waals surface area contributed by atoms with E-state index in [-0.39, 0.29) is 55.5 Å². The number of fused-ring (bicyclic) bond motifs is 1. The second-order valence-electron chi connectivity index (χ2n) is 14.7. The van der Waals surface area contributed by atoms with Crippen LogP contribution in [-0.2, 0) is 32.1 Å². The quantitative estimate of drug-likeness (QED) is 0.277. The Bertz CT molecular complexity index is 1730. The van der Waals surface area contributed by atoms with Gasteiger partial charge in [-0.25, -0.2) is 0 Å². The summed E-state index contributed by atoms with van der Waals surface area (Å²) in [5, 5.41) is 15.3. The highest BCUT2D eigenvalue weighted by molar-refractivity contribution is 6.31. The number of para-hydroxylation sites is 1. The minimum atomic E-state index is -0.943. The van der Waals surface area contributed by atoms with E-state index in [1.807, 2.05) is 48.7 Å². The third-order valence-corrected chi connectivity index (χ3v) is 11.7. The molecule has 0 radical (unpaired) electrons. The van der Waals surface area contributed by atoms with Crippen molar-refractivity contribution >= 4 is 46.1 Å². The normalized spacial score (nSPS) is 30.0. The molecule has 4 aliphatic carbocycles. The maximum atomic E-state index is 14.5. The predicted molar refractivity (Wildman–Crippen MR) is 177 cm³/mol. The molecule has 248 valence electrons. The van der Waals surface area contributed by atoms with Crippen LogP contribution < -0.4 is 11.1 Å². The molecule has 2 heterocycles. The van der Waals surface area contributed by atoms with E-state index in [1.54, 1.807) is 18.0 Å². The van der Waals surface area contributed by atoms with Gasteiger partial charge in [0.05, 0.1) is 16.9 Å². The standard InChI is InChI=1S/C36H42ClN5O5/c1-41(18-23-6-2-4-8-27(23)37)32(45)29(11-24-17-39-28-9-5-3-7-26(24)28)40-31(44)30-12-25(43)19-42(30)34(47)36-15-21-10-22(16-36)14-35(13-21,20-36)33(38)46/h2-9,17,21-22,25,29-30,39,43H,10-16,18-20H2,1H3,(H2,38,46)(H,40,44)/t21?,22?,25-,29?,30?,35?,36?/m1/s1. The Balaban J connectivity index is 1.14. The lowest BCUT2D eigenvalue weighted by Crippen LogP contribution is -2.62. The summed E-state index contributed by atoms with van der Waals surface area (Å²) in [5.41, 5.74) is 7.06. The van der Waals surface area contributed by atoms with Crippen LogP contribution in [0.25, 0.3) is 10.9 Å². The van der Waals surface area contributed by atoms with Crippen LogP contribution in [0.3, 0.4) is 0 Å². The number of hydrogen-bond donors (Lipinski definition) is 4. The Labute approximate surface area is 279 Å². The Morgan fingerprint density at radius 2 is 1.70 bits per heavy atom. The molecule has 10 nitrogen and oxygen atoms in total. The molecule has 4 saturated carbocycles. The van der Waals surface area contributed by atoms with Gasteiger partial charge in [0, 0.05) is 55.1 Å². The van der Waals surface area contributed by atoms with Crippen LogP contribution in [0.2, 0.25) is 5.02 Å². The average Bonchev–Trinajstić information content (AvgIpc) is 3.63. The summed E-state index contributed by atoms with van der Waals surface area (Å²) in [5.74, 6) is -0.792. The number of H-pyrrole nitrogens is 1. The number of rotatable bonds is 9. The van der Waals surface area contributed by atoms with Crippen molar-refractivity contribution in [2.24, 2.45) is 28.4 Å². The number of halogens is 1. The molecule has 5 atom stereocenters. The number of nitrogens with zero attached hydrogens (tertiary/aromatic N) is 2. The van der Waals surface area contributed by atoms with Crippen molar-refractivity contribution in [1.82, 2.24) is 20.1 Å². The van der Waals surface area contributed by atoms with Gasteiger partial charge in [-0.1, -0.05) is 48.0 Å². The van der Waals surface area contributed by atoms with Gasteiger partial charge in [-0.15, -0.1) is 0 Å². The Morgan fingerprint density at radius 1 is 1.02 bits per heavy atom. The number of benzene rings is 2. The number of β-amino-alcohol motifs (C(OH)–C–C–N with tert-alkyl or cyclic N) is 1. The van der Waals surface area contributed by atoms with Crippen molar-refractivity contribution in [3.63, 3.8) is 0 Å². The van der Waals surface area contributed by atoms with Crippen LogP contribution in [-0.4, -0.2) is 75.3 Å². The summed E-state index contributed by atoms with van der Waals surface area (Å²) in [7, 11) is 1.68. The van der Waals surface area contributed by atoms with Crippen molar-refractivity contribution in [3.8, 4) is 0 Å². The van der Waals surface area contributed by atoms with Gasteiger partial charge in [0.2, 0.25) is 23.6 Å². The summed E-state index contributed by atoms with van der Waals surface area (Å²) in [6.07, 6.45) is 5.46. The van der Waals surface area contributed by atoms with E-state index in [0.717, 1.165) is 41.3 Å². The molecular formula is C36H42ClN5O5. The zero-order valence-corrected chi connectivity index (χ0v) is 27.3. The minimum absolute atomic E-state index is 0.0328. The monoisotopic (exact) mass is 659 g/mol. The molecule has 1 saturated heterocycles. The van der Waals surface area contributed by atoms with Gasteiger partial charge in [0.25, 0.3) is 0 Å². The smallest absolute Gasteiger partial charge is 0.245 e. The fourth-order valence-electron chi connectivity index (χ4n) is 9.61. The number of primary amides is 1. The molecule has 5 aliphatic rings. The number of likely N-dealkylation sites (tertiary alicyclic amines) is 1. The largest absolute Gasteiger partial charge is 0.391 e. The van der Waals surface area contributed by atoms with E-state index in [9.17, 15) is 24.3 Å². The number of aliphatic hydroxyl groups is 1. The summed E-state index contributed by atoms with van der Waals surface area (Å²) in [6, 6.07) is 13.2. The van der Waals surface area contributed by atoms with Gasteiger partial charge >= 0.3 is 0 Å². The third-order valence-electron chi connectivity index (χ3n) is 11.3. The average molecular weight is 660 g/mol. The molecule has 11 heteroatoms. The number of nitrogens with one attached hydrogen (secondary N) is 2. The first-order valence-electron chi connectivity index (χ1n) is 16.6. The van der Waals surface area contributed by atoms with Crippen LogP contribution >= 0.6 is 11.6 Å². The van der Waals surface area contributed by atoms with E-state index < -0.39 is 34.9 Å². The molecule has 0 spiro atoms. The first-order valence-corrected chi connectivity index (χ1v) is 17.0. The Kier molecular flexibility index (Phi) is 8.07. The second-order valence-corrected chi connectivity index (χ2v) is 15.1. The summed E-state index contributed by atoms with van der Waals surface area (Å²) >= 11 is 6.40. The first kappa shape index (κ1) is 31.7. The lowest BCUT2D eigenvalue weighted by molar-refractivity contribution is -0.174. The van der Waals surface area contributed by atoms with Crippen LogP contribution in [0.15, 0.2) is 54.7 Å². The number of amides is 4. The molecule has 8 rings (SSSR count). The maximum Gasteiger partial charge on any atom is 0.245 e. The fourth-order valence-corrected chi connectivity index (χ4v) is 9.80. The number of carbonyl (C=O) groups excluding carboxylic acids is 4. The topological polar surface area (TPSA) is 149 Å². The molecule has 1 aliphatic heterocycles. The van der Waals surface area contributed by atoms with Crippen LogP contribution in [0.5, 0.6) is 0 Å². The predicted octanol–water partition coefficient (Wildman–Crippen LogP) is 3.54. The van der Waals surface area contributed by atoms with Crippen molar-refractivity contribution in [3.05, 3.63) is 70.9 Å². The van der Waals surface area contributed by atoms with E-state index in [4.69, 9.17) is 17.3 Å². The van der Waals surface area contributed by atoms with E-state index >= 15 is 0 Å². The molecule has 5 N–H and O–H groups in total. The molecule has 3 aromatic rings. The van der Waals surface area contributed by atoms with E-state index in [1.165, 1.54) is 4.90 Å². The SMILES string of the molecule is CN(Cc1ccccc1Cl)C(=O)C(Cc1c[nH]c2ccccc12)NC(=O)C1C[C@@H](O)CN1C(=O)C12CC3CC(CC(C(N)=O)(C3)C1)C2. The number of nitrogens with two attached hydrogens (primary N) is 1. The number of likely N-dealkylation sites (N-methyl/N-ethyl adjacent to an activating group) is 1. The molecule has 4 bridgehead atoms.